The number of amides is 1. The van der Waals surface area contributed by atoms with Crippen LogP contribution in [0.1, 0.15) is 57.3 Å². The van der Waals surface area contributed by atoms with Crippen molar-refractivity contribution in [3.63, 3.8) is 0 Å². The van der Waals surface area contributed by atoms with Gasteiger partial charge in [0.2, 0.25) is 5.91 Å². The van der Waals surface area contributed by atoms with Gasteiger partial charge in [-0.25, -0.2) is 4.98 Å². The van der Waals surface area contributed by atoms with Crippen LogP contribution in [0.2, 0.25) is 0 Å². The number of nitrogens with zero attached hydrogens (tertiary/aromatic N) is 1. The number of aromatic nitrogens is 2. The molecule has 6 rings (SSSR count). The van der Waals surface area contributed by atoms with Gasteiger partial charge in [-0.05, 0) is 75.3 Å². The topological polar surface area (TPSA) is 57.8 Å². The summed E-state index contributed by atoms with van der Waals surface area (Å²) in [6.45, 7) is 2.04. The van der Waals surface area contributed by atoms with Gasteiger partial charge in [-0.2, -0.15) is 0 Å². The molecule has 1 unspecified atom stereocenters. The molecule has 1 amide bonds. The van der Waals surface area contributed by atoms with Crippen LogP contribution in [0.3, 0.4) is 0 Å². The molecule has 1 aromatic carbocycles. The summed E-state index contributed by atoms with van der Waals surface area (Å²) in [6, 6.07) is 7.95. The van der Waals surface area contributed by atoms with E-state index >= 15 is 0 Å². The maximum absolute atomic E-state index is 13.1. The number of H-pyrrole nitrogens is 1. The largest absolute Gasteiger partial charge is 0.346 e. The molecule has 1 atom stereocenters. The highest BCUT2D eigenvalue weighted by Crippen LogP contribution is 2.60. The normalized spacial score (nSPS) is 35.3. The lowest BCUT2D eigenvalue weighted by Crippen LogP contribution is -2.53. The molecule has 4 bridgehead atoms. The number of nitrogens with one attached hydrogen (secondary N) is 2. The van der Waals surface area contributed by atoms with Crippen LogP contribution < -0.4 is 5.32 Å². The van der Waals surface area contributed by atoms with Crippen LogP contribution in [0.4, 0.5) is 0 Å². The first kappa shape index (κ1) is 14.5. The van der Waals surface area contributed by atoms with Gasteiger partial charge >= 0.3 is 0 Å². The van der Waals surface area contributed by atoms with Crippen molar-refractivity contribution in [3.8, 4) is 0 Å². The highest BCUT2D eigenvalue weighted by Gasteiger charge is 2.54. The summed E-state index contributed by atoms with van der Waals surface area (Å²) in [5, 5.41) is 3.28. The van der Waals surface area contributed by atoms with Gasteiger partial charge in [-0.3, -0.25) is 4.79 Å². The summed E-state index contributed by atoms with van der Waals surface area (Å²) >= 11 is 0. The average molecular weight is 323 g/mol. The fourth-order valence-corrected chi connectivity index (χ4v) is 5.98. The standard InChI is InChI=1S/C20H25N3O/c1-12(18-22-16-4-2-3-5-17(16)23-18)21-19(24)20-9-13-6-14(10-20)8-15(7-13)11-20/h2-5,12-15H,6-11H2,1H3,(H,21,24)(H,22,23). The molecule has 2 N–H and O–H groups in total. The van der Waals surface area contributed by atoms with Gasteiger partial charge in [0.1, 0.15) is 5.82 Å². The average Bonchev–Trinajstić information content (AvgIpc) is 2.97. The zero-order chi connectivity index (χ0) is 16.3. The first-order valence-corrected chi connectivity index (χ1v) is 9.37. The van der Waals surface area contributed by atoms with Gasteiger partial charge in [0.25, 0.3) is 0 Å². The molecule has 126 valence electrons. The summed E-state index contributed by atoms with van der Waals surface area (Å²) < 4.78 is 0. The number of benzene rings is 1. The number of carbonyl (C=O) groups is 1. The molecule has 0 radical (unpaired) electrons. The van der Waals surface area contributed by atoms with E-state index in [9.17, 15) is 4.79 Å². The predicted octanol–water partition coefficient (Wildman–Crippen LogP) is 3.96. The Morgan fingerprint density at radius 3 is 2.42 bits per heavy atom. The maximum Gasteiger partial charge on any atom is 0.226 e. The van der Waals surface area contributed by atoms with Gasteiger partial charge < -0.3 is 10.3 Å². The highest BCUT2D eigenvalue weighted by molar-refractivity contribution is 5.83. The zero-order valence-corrected chi connectivity index (χ0v) is 14.2. The van der Waals surface area contributed by atoms with Gasteiger partial charge in [-0.1, -0.05) is 12.1 Å². The number of imidazole rings is 1. The summed E-state index contributed by atoms with van der Waals surface area (Å²) in [4.78, 5) is 21.1. The smallest absolute Gasteiger partial charge is 0.226 e. The SMILES string of the molecule is CC(NC(=O)C12CC3CC(CC(C3)C1)C2)c1nc2ccccc2[nH]1. The van der Waals surface area contributed by atoms with Gasteiger partial charge in [0.05, 0.1) is 17.1 Å². The third kappa shape index (κ3) is 2.19. The second-order valence-electron chi connectivity index (χ2n) is 8.53. The molecular formula is C20H25N3O. The molecule has 1 aromatic heterocycles. The molecule has 0 aliphatic heterocycles. The minimum absolute atomic E-state index is 0.0714. The van der Waals surface area contributed by atoms with Crippen LogP contribution in [-0.4, -0.2) is 15.9 Å². The van der Waals surface area contributed by atoms with E-state index in [0.717, 1.165) is 53.9 Å². The van der Waals surface area contributed by atoms with Crippen molar-refractivity contribution in [2.45, 2.75) is 51.5 Å². The van der Waals surface area contributed by atoms with E-state index in [1.807, 2.05) is 31.2 Å². The van der Waals surface area contributed by atoms with E-state index in [1.165, 1.54) is 19.3 Å². The summed E-state index contributed by atoms with van der Waals surface area (Å²) in [7, 11) is 0. The number of rotatable bonds is 3. The molecular weight excluding hydrogens is 298 g/mol. The van der Waals surface area contributed by atoms with Crippen LogP contribution >= 0.6 is 0 Å². The van der Waals surface area contributed by atoms with Crippen molar-refractivity contribution in [3.05, 3.63) is 30.1 Å². The van der Waals surface area contributed by atoms with Crippen LogP contribution in [0.15, 0.2) is 24.3 Å². The van der Waals surface area contributed by atoms with Crippen molar-refractivity contribution >= 4 is 16.9 Å². The Balaban J connectivity index is 1.36. The number of para-hydroxylation sites is 2. The lowest BCUT2D eigenvalue weighted by Gasteiger charge is -2.55. The molecule has 4 aliphatic rings. The molecule has 4 heteroatoms. The Morgan fingerprint density at radius 2 is 1.79 bits per heavy atom. The Morgan fingerprint density at radius 1 is 1.17 bits per heavy atom. The Hall–Kier alpha value is -1.84. The number of hydrogen-bond acceptors (Lipinski definition) is 2. The minimum atomic E-state index is -0.0883. The van der Waals surface area contributed by atoms with Gasteiger partial charge in [-0.15, -0.1) is 0 Å². The van der Waals surface area contributed by atoms with E-state index in [-0.39, 0.29) is 17.4 Å². The van der Waals surface area contributed by atoms with Gasteiger partial charge in [0.15, 0.2) is 0 Å². The Kier molecular flexibility index (Phi) is 3.07. The van der Waals surface area contributed by atoms with Crippen molar-refractivity contribution < 1.29 is 4.79 Å². The van der Waals surface area contributed by atoms with Crippen molar-refractivity contribution in [2.75, 3.05) is 0 Å². The van der Waals surface area contributed by atoms with Crippen LogP contribution in [0.5, 0.6) is 0 Å². The van der Waals surface area contributed by atoms with Crippen molar-refractivity contribution in [1.29, 1.82) is 0 Å². The monoisotopic (exact) mass is 323 g/mol. The molecule has 0 saturated heterocycles. The maximum atomic E-state index is 13.1. The molecule has 0 spiro atoms. The quantitative estimate of drug-likeness (QED) is 0.898. The molecule has 4 nitrogen and oxygen atoms in total. The lowest BCUT2D eigenvalue weighted by molar-refractivity contribution is -0.147. The van der Waals surface area contributed by atoms with Gasteiger partial charge in [0, 0.05) is 5.41 Å². The van der Waals surface area contributed by atoms with E-state index < -0.39 is 0 Å². The molecule has 2 aromatic rings. The van der Waals surface area contributed by atoms with E-state index in [0.29, 0.717) is 0 Å². The number of aromatic amines is 1. The summed E-state index contributed by atoms with van der Waals surface area (Å²) in [5.41, 5.74) is 1.90. The highest BCUT2D eigenvalue weighted by atomic mass is 16.2. The zero-order valence-electron chi connectivity index (χ0n) is 14.2. The third-order valence-corrected chi connectivity index (χ3v) is 6.69. The number of fused-ring (bicyclic) bond motifs is 1. The second kappa shape index (κ2) is 5.08. The van der Waals surface area contributed by atoms with Crippen molar-refractivity contribution in [2.24, 2.45) is 23.2 Å². The van der Waals surface area contributed by atoms with Crippen molar-refractivity contribution in [1.82, 2.24) is 15.3 Å². The summed E-state index contributed by atoms with van der Waals surface area (Å²) in [6.07, 6.45) is 7.43. The fourth-order valence-electron chi connectivity index (χ4n) is 5.98. The van der Waals surface area contributed by atoms with E-state index in [1.54, 1.807) is 0 Å². The molecule has 4 saturated carbocycles. The fraction of sp³-hybridized carbons (Fsp3) is 0.600. The first-order chi connectivity index (χ1) is 11.6. The minimum Gasteiger partial charge on any atom is -0.346 e. The number of carbonyl (C=O) groups excluding carboxylic acids is 1. The van der Waals surface area contributed by atoms with Crippen LogP contribution in [0.25, 0.3) is 11.0 Å². The molecule has 4 aliphatic carbocycles. The Bertz CT molecular complexity index is 725. The van der Waals surface area contributed by atoms with E-state index in [4.69, 9.17) is 0 Å². The first-order valence-electron chi connectivity index (χ1n) is 9.37. The summed E-state index contributed by atoms with van der Waals surface area (Å²) in [5.74, 6) is 3.51. The number of hydrogen-bond donors (Lipinski definition) is 2. The van der Waals surface area contributed by atoms with Crippen LogP contribution in [0, 0.1) is 23.2 Å². The third-order valence-electron chi connectivity index (χ3n) is 6.69. The lowest BCUT2D eigenvalue weighted by atomic mass is 9.49. The predicted molar refractivity (Wildman–Crippen MR) is 93.3 cm³/mol. The molecule has 24 heavy (non-hydrogen) atoms. The Labute approximate surface area is 142 Å². The molecule has 1 heterocycles. The molecule has 4 fully saturated rings. The second-order valence-corrected chi connectivity index (χ2v) is 8.53. The van der Waals surface area contributed by atoms with Crippen LogP contribution in [-0.2, 0) is 4.79 Å². The van der Waals surface area contributed by atoms with E-state index in [2.05, 4.69) is 15.3 Å².